The summed E-state index contributed by atoms with van der Waals surface area (Å²) < 4.78 is 2.63. The lowest BCUT2D eigenvalue weighted by Gasteiger charge is -2.20. The van der Waals surface area contributed by atoms with Crippen LogP contribution in [0.25, 0.3) is 5.69 Å². The molecule has 1 aliphatic rings. The number of aromatic nitrogens is 2. The van der Waals surface area contributed by atoms with Gasteiger partial charge in [-0.05, 0) is 37.6 Å². The molecule has 126 valence electrons. The second-order valence-corrected chi connectivity index (χ2v) is 7.01. The molecule has 0 bridgehead atoms. The average Bonchev–Trinajstić information content (AvgIpc) is 3.16. The van der Waals surface area contributed by atoms with Crippen molar-refractivity contribution in [3.05, 3.63) is 41.0 Å². The quantitative estimate of drug-likeness (QED) is 0.840. The second-order valence-electron chi connectivity index (χ2n) is 6.09. The van der Waals surface area contributed by atoms with E-state index in [1.54, 1.807) is 23.9 Å². The summed E-state index contributed by atoms with van der Waals surface area (Å²) in [5.74, 6) is -0.454. The highest BCUT2D eigenvalue weighted by atomic mass is 79.9. The summed E-state index contributed by atoms with van der Waals surface area (Å²) in [5, 5.41) is 16.3. The number of nitrogens with zero attached hydrogens (tertiary/aromatic N) is 3. The Hall–Kier alpha value is -2.35. The van der Waals surface area contributed by atoms with Gasteiger partial charge in [-0.15, -0.1) is 5.10 Å². The smallest absolute Gasteiger partial charge is 0.323 e. The molecule has 7 nitrogen and oxygen atoms in total. The molecule has 2 amide bonds. The van der Waals surface area contributed by atoms with Gasteiger partial charge in [-0.1, -0.05) is 15.9 Å². The van der Waals surface area contributed by atoms with E-state index in [9.17, 15) is 14.7 Å². The lowest BCUT2D eigenvalue weighted by atomic mass is 9.90. The largest absolute Gasteiger partial charge is 0.481 e. The average molecular weight is 393 g/mol. The fourth-order valence-electron chi connectivity index (χ4n) is 2.63. The van der Waals surface area contributed by atoms with Crippen LogP contribution in [-0.4, -0.2) is 44.9 Å². The Labute approximate surface area is 147 Å². The van der Waals surface area contributed by atoms with Gasteiger partial charge in [0.15, 0.2) is 5.82 Å². The van der Waals surface area contributed by atoms with E-state index in [-0.39, 0.29) is 12.6 Å². The van der Waals surface area contributed by atoms with Crippen LogP contribution in [0.5, 0.6) is 0 Å². The first kappa shape index (κ1) is 16.5. The van der Waals surface area contributed by atoms with Crippen LogP contribution in [0.1, 0.15) is 13.3 Å². The highest BCUT2D eigenvalue weighted by Crippen LogP contribution is 2.30. The van der Waals surface area contributed by atoms with Gasteiger partial charge in [0.2, 0.25) is 0 Å². The van der Waals surface area contributed by atoms with Crippen LogP contribution in [-0.2, 0) is 4.79 Å². The SMILES string of the molecule is CC1(C(=O)O)CCN(C(=O)Nc2ccn(-c3ccc(Br)cc3)n2)C1. The fourth-order valence-corrected chi connectivity index (χ4v) is 2.89. The number of urea groups is 1. The molecule has 1 aromatic carbocycles. The summed E-state index contributed by atoms with van der Waals surface area (Å²) in [6, 6.07) is 8.99. The van der Waals surface area contributed by atoms with Gasteiger partial charge in [-0.3, -0.25) is 10.1 Å². The molecule has 1 unspecified atom stereocenters. The number of rotatable bonds is 3. The molecular weight excluding hydrogens is 376 g/mol. The van der Waals surface area contributed by atoms with E-state index in [2.05, 4.69) is 26.3 Å². The molecule has 1 aromatic heterocycles. The van der Waals surface area contributed by atoms with Crippen molar-refractivity contribution in [3.63, 3.8) is 0 Å². The van der Waals surface area contributed by atoms with E-state index in [0.717, 1.165) is 10.2 Å². The third-order valence-corrected chi connectivity index (χ3v) is 4.72. The number of carboxylic acids is 1. The van der Waals surface area contributed by atoms with E-state index in [1.807, 2.05) is 24.3 Å². The molecule has 0 aliphatic carbocycles. The van der Waals surface area contributed by atoms with Gasteiger partial charge in [0.25, 0.3) is 0 Å². The maximum atomic E-state index is 12.3. The summed E-state index contributed by atoms with van der Waals surface area (Å²) in [5.41, 5.74) is -0.00738. The monoisotopic (exact) mass is 392 g/mol. The van der Waals surface area contributed by atoms with Crippen LogP contribution >= 0.6 is 15.9 Å². The summed E-state index contributed by atoms with van der Waals surface area (Å²) in [6.45, 7) is 2.27. The van der Waals surface area contributed by atoms with Crippen LogP contribution < -0.4 is 5.32 Å². The topological polar surface area (TPSA) is 87.5 Å². The first-order chi connectivity index (χ1) is 11.4. The number of likely N-dealkylation sites (tertiary alicyclic amines) is 1. The predicted molar refractivity (Wildman–Crippen MR) is 92.2 cm³/mol. The van der Waals surface area contributed by atoms with Crippen LogP contribution in [0.2, 0.25) is 0 Å². The molecule has 8 heteroatoms. The molecule has 1 saturated heterocycles. The Kier molecular flexibility index (Phi) is 4.31. The zero-order valence-corrected chi connectivity index (χ0v) is 14.7. The number of carbonyl (C=O) groups is 2. The standard InChI is InChI=1S/C16H17BrN4O3/c1-16(14(22)23)7-9-20(10-16)15(24)18-13-6-8-21(19-13)12-4-2-11(17)3-5-12/h2-6,8H,7,9-10H2,1H3,(H,22,23)(H,18,19,24). The van der Waals surface area contributed by atoms with Crippen LogP contribution in [0.4, 0.5) is 10.6 Å². The Morgan fingerprint density at radius 1 is 1.29 bits per heavy atom. The molecule has 0 saturated carbocycles. The Morgan fingerprint density at radius 2 is 2.00 bits per heavy atom. The molecule has 24 heavy (non-hydrogen) atoms. The normalized spacial score (nSPS) is 20.2. The minimum atomic E-state index is -0.881. The highest BCUT2D eigenvalue weighted by molar-refractivity contribution is 9.10. The van der Waals surface area contributed by atoms with Gasteiger partial charge in [0.05, 0.1) is 11.1 Å². The third kappa shape index (κ3) is 3.28. The molecule has 1 fully saturated rings. The number of carboxylic acid groups (broad SMARTS) is 1. The van der Waals surface area contributed by atoms with Gasteiger partial charge < -0.3 is 10.0 Å². The fraction of sp³-hybridized carbons (Fsp3) is 0.312. The van der Waals surface area contributed by atoms with Gasteiger partial charge in [-0.25, -0.2) is 9.48 Å². The van der Waals surface area contributed by atoms with Gasteiger partial charge in [0.1, 0.15) is 0 Å². The van der Waals surface area contributed by atoms with Gasteiger partial charge >= 0.3 is 12.0 Å². The summed E-state index contributed by atoms with van der Waals surface area (Å²) in [4.78, 5) is 25.0. The molecule has 2 heterocycles. The van der Waals surface area contributed by atoms with Crippen molar-refractivity contribution in [1.82, 2.24) is 14.7 Å². The zero-order valence-electron chi connectivity index (χ0n) is 13.1. The maximum absolute atomic E-state index is 12.3. The van der Waals surface area contributed by atoms with Crippen LogP contribution in [0, 0.1) is 5.41 Å². The Bertz CT molecular complexity index is 774. The first-order valence-electron chi connectivity index (χ1n) is 7.48. The van der Waals surface area contributed by atoms with Crippen molar-refractivity contribution >= 4 is 33.7 Å². The zero-order chi connectivity index (χ0) is 17.3. The number of hydrogen-bond acceptors (Lipinski definition) is 3. The number of carbonyl (C=O) groups excluding carboxylic acids is 1. The molecule has 2 N–H and O–H groups in total. The van der Waals surface area contributed by atoms with E-state index < -0.39 is 11.4 Å². The van der Waals surface area contributed by atoms with Crippen molar-refractivity contribution in [3.8, 4) is 5.69 Å². The predicted octanol–water partition coefficient (Wildman–Crippen LogP) is 2.96. The highest BCUT2D eigenvalue weighted by Gasteiger charge is 2.42. The van der Waals surface area contributed by atoms with Crippen LogP contribution in [0.3, 0.4) is 0 Å². The van der Waals surface area contributed by atoms with Gasteiger partial charge in [0, 0.05) is 29.8 Å². The molecular formula is C16H17BrN4O3. The second kappa shape index (κ2) is 6.27. The maximum Gasteiger partial charge on any atom is 0.323 e. The number of amides is 2. The lowest BCUT2D eigenvalue weighted by molar-refractivity contribution is -0.146. The molecule has 1 aliphatic heterocycles. The van der Waals surface area contributed by atoms with Crippen molar-refractivity contribution in [2.75, 3.05) is 18.4 Å². The third-order valence-electron chi connectivity index (χ3n) is 4.19. The Balaban J connectivity index is 1.66. The van der Waals surface area contributed by atoms with Crippen molar-refractivity contribution in [2.24, 2.45) is 5.41 Å². The number of hydrogen-bond donors (Lipinski definition) is 2. The minimum Gasteiger partial charge on any atom is -0.481 e. The van der Waals surface area contributed by atoms with Crippen molar-refractivity contribution in [2.45, 2.75) is 13.3 Å². The lowest BCUT2D eigenvalue weighted by Crippen LogP contribution is -2.37. The van der Waals surface area contributed by atoms with Gasteiger partial charge in [-0.2, -0.15) is 0 Å². The van der Waals surface area contributed by atoms with E-state index >= 15 is 0 Å². The number of nitrogens with one attached hydrogen (secondary N) is 1. The van der Waals surface area contributed by atoms with Crippen molar-refractivity contribution < 1.29 is 14.7 Å². The molecule has 0 radical (unpaired) electrons. The first-order valence-corrected chi connectivity index (χ1v) is 8.28. The summed E-state index contributed by atoms with van der Waals surface area (Å²) in [7, 11) is 0. The molecule has 2 aromatic rings. The van der Waals surface area contributed by atoms with E-state index in [1.165, 1.54) is 4.90 Å². The van der Waals surface area contributed by atoms with Crippen molar-refractivity contribution in [1.29, 1.82) is 0 Å². The minimum absolute atomic E-state index is 0.196. The number of anilines is 1. The number of aliphatic carboxylic acids is 1. The Morgan fingerprint density at radius 3 is 2.62 bits per heavy atom. The van der Waals surface area contributed by atoms with E-state index in [0.29, 0.717) is 18.8 Å². The summed E-state index contributed by atoms with van der Waals surface area (Å²) >= 11 is 3.38. The van der Waals surface area contributed by atoms with E-state index in [4.69, 9.17) is 0 Å². The summed E-state index contributed by atoms with van der Waals surface area (Å²) in [6.07, 6.45) is 2.20. The molecule has 1 atom stereocenters. The number of benzene rings is 1. The molecule has 3 rings (SSSR count). The molecule has 0 spiro atoms. The number of halogens is 1. The van der Waals surface area contributed by atoms with Crippen LogP contribution in [0.15, 0.2) is 41.0 Å².